The molecule has 1 aromatic heterocycles. The number of nitrogens with zero attached hydrogens (tertiary/aromatic N) is 3. The first-order valence-electron chi connectivity index (χ1n) is 5.55. The number of aryl methyl sites for hydroxylation is 3. The molecule has 2 aromatic rings. The molecule has 0 unspecified atom stereocenters. The van der Waals surface area contributed by atoms with E-state index in [4.69, 9.17) is 5.73 Å². The van der Waals surface area contributed by atoms with Crippen LogP contribution in [-0.4, -0.2) is 23.2 Å². The molecular weight excluding hydrogens is 266 g/mol. The summed E-state index contributed by atoms with van der Waals surface area (Å²) in [5.74, 6) is 0.163. The van der Waals surface area contributed by atoms with Crippen LogP contribution in [-0.2, 0) is 17.1 Å². The van der Waals surface area contributed by atoms with Gasteiger partial charge in [0.25, 0.3) is 10.0 Å². The lowest BCUT2D eigenvalue weighted by atomic mass is 10.1. The van der Waals surface area contributed by atoms with Crippen LogP contribution >= 0.6 is 0 Å². The van der Waals surface area contributed by atoms with Crippen LogP contribution in [0.2, 0.25) is 0 Å². The van der Waals surface area contributed by atoms with E-state index in [9.17, 15) is 8.42 Å². The van der Waals surface area contributed by atoms with Crippen LogP contribution < -0.4 is 10.5 Å². The number of aromatic nitrogens is 3. The smallest absolute Gasteiger partial charge is 0.264 e. The minimum atomic E-state index is -3.71. The number of nitrogens with two attached hydrogens (primary N) is 1. The zero-order valence-corrected chi connectivity index (χ0v) is 11.7. The van der Waals surface area contributed by atoms with E-state index in [0.717, 1.165) is 0 Å². The Morgan fingerprint density at radius 2 is 1.84 bits per heavy atom. The van der Waals surface area contributed by atoms with Gasteiger partial charge in [0.15, 0.2) is 0 Å². The third kappa shape index (κ3) is 2.53. The molecule has 0 atom stereocenters. The van der Waals surface area contributed by atoms with E-state index in [-0.39, 0.29) is 10.8 Å². The van der Waals surface area contributed by atoms with Gasteiger partial charge in [-0.3, -0.25) is 0 Å². The summed E-state index contributed by atoms with van der Waals surface area (Å²) in [5, 5.41) is 3.81. The van der Waals surface area contributed by atoms with Crippen molar-refractivity contribution in [2.45, 2.75) is 18.7 Å². The number of nitrogen functional groups attached to an aromatic ring is 1. The molecule has 0 aliphatic rings. The van der Waals surface area contributed by atoms with E-state index >= 15 is 0 Å². The summed E-state index contributed by atoms with van der Waals surface area (Å²) < 4.78 is 28.5. The molecule has 7 nitrogen and oxygen atoms in total. The second kappa shape index (κ2) is 4.54. The second-order valence-corrected chi connectivity index (χ2v) is 5.92. The van der Waals surface area contributed by atoms with Crippen molar-refractivity contribution >= 4 is 21.7 Å². The monoisotopic (exact) mass is 281 g/mol. The van der Waals surface area contributed by atoms with Crippen LogP contribution in [0.25, 0.3) is 0 Å². The molecule has 19 heavy (non-hydrogen) atoms. The van der Waals surface area contributed by atoms with Gasteiger partial charge in [0.1, 0.15) is 6.33 Å². The van der Waals surface area contributed by atoms with Crippen LogP contribution in [0.1, 0.15) is 11.1 Å². The Labute approximate surface area is 111 Å². The fourth-order valence-corrected chi connectivity index (χ4v) is 3.46. The summed E-state index contributed by atoms with van der Waals surface area (Å²) >= 11 is 0. The lowest BCUT2D eigenvalue weighted by Gasteiger charge is -2.12. The highest BCUT2D eigenvalue weighted by molar-refractivity contribution is 7.92. The zero-order chi connectivity index (χ0) is 14.2. The number of hydrogen-bond acceptors (Lipinski definition) is 5. The summed E-state index contributed by atoms with van der Waals surface area (Å²) in [5.41, 5.74) is 7.40. The molecule has 3 N–H and O–H groups in total. The van der Waals surface area contributed by atoms with Gasteiger partial charge in [-0.2, -0.15) is 10.1 Å². The molecule has 2 rings (SSSR count). The summed E-state index contributed by atoms with van der Waals surface area (Å²) in [6.45, 7) is 3.41. The lowest BCUT2D eigenvalue weighted by molar-refractivity contribution is 0.599. The average Bonchev–Trinajstić information content (AvgIpc) is 2.61. The Hall–Kier alpha value is -2.09. The Kier molecular flexibility index (Phi) is 3.19. The maximum Gasteiger partial charge on any atom is 0.264 e. The van der Waals surface area contributed by atoms with Gasteiger partial charge in [-0.25, -0.2) is 17.8 Å². The fourth-order valence-electron chi connectivity index (χ4n) is 1.97. The van der Waals surface area contributed by atoms with Crippen molar-refractivity contribution in [2.24, 2.45) is 7.05 Å². The quantitative estimate of drug-likeness (QED) is 0.811. The van der Waals surface area contributed by atoms with E-state index in [2.05, 4.69) is 14.8 Å². The first kappa shape index (κ1) is 13.3. The summed E-state index contributed by atoms with van der Waals surface area (Å²) in [4.78, 5) is 4.05. The highest BCUT2D eigenvalue weighted by atomic mass is 32.2. The molecule has 0 saturated heterocycles. The maximum absolute atomic E-state index is 12.4. The minimum Gasteiger partial charge on any atom is -0.399 e. The molecule has 8 heteroatoms. The molecule has 1 heterocycles. The van der Waals surface area contributed by atoms with Gasteiger partial charge in [0.2, 0.25) is 5.95 Å². The molecule has 0 bridgehead atoms. The lowest BCUT2D eigenvalue weighted by Crippen LogP contribution is -2.18. The first-order chi connectivity index (χ1) is 8.81. The SMILES string of the molecule is Cc1cc(N)cc(C)c1S(=O)(=O)Nc1ncnn1C. The van der Waals surface area contributed by atoms with Crippen molar-refractivity contribution in [1.82, 2.24) is 14.8 Å². The molecule has 0 saturated carbocycles. The van der Waals surface area contributed by atoms with Gasteiger partial charge in [-0.15, -0.1) is 0 Å². The predicted octanol–water partition coefficient (Wildman–Crippen LogP) is 0.815. The van der Waals surface area contributed by atoms with Crippen LogP contribution in [0.5, 0.6) is 0 Å². The van der Waals surface area contributed by atoms with Crippen LogP contribution in [0, 0.1) is 13.8 Å². The Balaban J connectivity index is 2.49. The molecule has 0 aliphatic carbocycles. The van der Waals surface area contributed by atoms with E-state index in [1.807, 2.05) is 0 Å². The average molecular weight is 281 g/mol. The van der Waals surface area contributed by atoms with Gasteiger partial charge in [-0.1, -0.05) is 0 Å². The van der Waals surface area contributed by atoms with Crippen LogP contribution in [0.3, 0.4) is 0 Å². The first-order valence-corrected chi connectivity index (χ1v) is 7.03. The van der Waals surface area contributed by atoms with E-state index in [1.54, 1.807) is 33.0 Å². The van der Waals surface area contributed by atoms with Crippen LogP contribution in [0.4, 0.5) is 11.6 Å². The second-order valence-electron chi connectivity index (χ2n) is 4.30. The number of anilines is 2. The Morgan fingerprint density at radius 1 is 1.26 bits per heavy atom. The predicted molar refractivity (Wildman–Crippen MR) is 72.1 cm³/mol. The fraction of sp³-hybridized carbons (Fsp3) is 0.273. The number of sulfonamides is 1. The molecule has 1 aromatic carbocycles. The molecule has 0 spiro atoms. The number of nitrogens with one attached hydrogen (secondary N) is 1. The van der Waals surface area contributed by atoms with Gasteiger partial charge in [-0.05, 0) is 37.1 Å². The van der Waals surface area contributed by atoms with Gasteiger partial charge < -0.3 is 5.73 Å². The van der Waals surface area contributed by atoms with Crippen molar-refractivity contribution in [3.8, 4) is 0 Å². The molecule has 0 amide bonds. The van der Waals surface area contributed by atoms with Crippen molar-refractivity contribution < 1.29 is 8.42 Å². The number of hydrogen-bond donors (Lipinski definition) is 2. The summed E-state index contributed by atoms with van der Waals surface area (Å²) in [6.07, 6.45) is 1.28. The number of benzene rings is 1. The van der Waals surface area contributed by atoms with Gasteiger partial charge in [0, 0.05) is 12.7 Å². The van der Waals surface area contributed by atoms with E-state index < -0.39 is 10.0 Å². The van der Waals surface area contributed by atoms with Crippen molar-refractivity contribution in [1.29, 1.82) is 0 Å². The highest BCUT2D eigenvalue weighted by Gasteiger charge is 2.21. The van der Waals surface area contributed by atoms with Crippen molar-refractivity contribution in [3.05, 3.63) is 29.6 Å². The third-order valence-electron chi connectivity index (χ3n) is 2.69. The molecular formula is C11H15N5O2S. The van der Waals surface area contributed by atoms with Crippen molar-refractivity contribution in [3.63, 3.8) is 0 Å². The molecule has 0 fully saturated rings. The zero-order valence-electron chi connectivity index (χ0n) is 10.9. The van der Waals surface area contributed by atoms with Gasteiger partial charge >= 0.3 is 0 Å². The molecule has 102 valence electrons. The summed E-state index contributed by atoms with van der Waals surface area (Å²) in [6, 6.07) is 3.25. The van der Waals surface area contributed by atoms with E-state index in [0.29, 0.717) is 16.8 Å². The minimum absolute atomic E-state index is 0.163. The Morgan fingerprint density at radius 3 is 2.32 bits per heavy atom. The molecule has 0 radical (unpaired) electrons. The maximum atomic E-state index is 12.4. The van der Waals surface area contributed by atoms with Gasteiger partial charge in [0.05, 0.1) is 4.90 Å². The third-order valence-corrected chi connectivity index (χ3v) is 4.32. The summed E-state index contributed by atoms with van der Waals surface area (Å²) in [7, 11) is -2.11. The van der Waals surface area contributed by atoms with Crippen molar-refractivity contribution in [2.75, 3.05) is 10.5 Å². The van der Waals surface area contributed by atoms with E-state index in [1.165, 1.54) is 11.0 Å². The largest absolute Gasteiger partial charge is 0.399 e. The number of rotatable bonds is 3. The highest BCUT2D eigenvalue weighted by Crippen LogP contribution is 2.24. The Bertz CT molecular complexity index is 697. The molecule has 0 aliphatic heterocycles. The normalized spacial score (nSPS) is 11.5. The topological polar surface area (TPSA) is 103 Å². The standard InChI is InChI=1S/C11H15N5O2S/c1-7-4-9(12)5-8(2)10(7)19(17,18)15-11-13-6-14-16(11)3/h4-6H,12H2,1-3H3,(H,13,14,15). The van der Waals surface area contributed by atoms with Crippen LogP contribution in [0.15, 0.2) is 23.4 Å².